The van der Waals surface area contributed by atoms with E-state index in [0.717, 1.165) is 5.56 Å². The first-order valence-corrected chi connectivity index (χ1v) is 8.09. The Balaban J connectivity index is 1.62. The van der Waals surface area contributed by atoms with Crippen LogP contribution < -0.4 is 10.2 Å². The largest absolute Gasteiger partial charge is 0.352 e. The van der Waals surface area contributed by atoms with Crippen LogP contribution in [0.1, 0.15) is 12.0 Å². The molecule has 1 saturated heterocycles. The molecule has 1 atom stereocenters. The minimum absolute atomic E-state index is 0.0737. The van der Waals surface area contributed by atoms with Crippen molar-refractivity contribution in [1.29, 1.82) is 0 Å². The lowest BCUT2D eigenvalue weighted by Crippen LogP contribution is -2.32. The average molecular weight is 365 g/mol. The van der Waals surface area contributed by atoms with Crippen molar-refractivity contribution in [2.24, 2.45) is 5.92 Å². The Morgan fingerprint density at radius 3 is 2.60 bits per heavy atom. The lowest BCUT2D eigenvalue weighted by Gasteiger charge is -2.17. The Morgan fingerprint density at radius 1 is 1.20 bits per heavy atom. The number of hydrogen-bond donors (Lipinski definition) is 1. The molecule has 4 nitrogen and oxygen atoms in total. The smallest absolute Gasteiger partial charge is 0.227 e. The summed E-state index contributed by atoms with van der Waals surface area (Å²) in [6.45, 7) is 0.461. The van der Waals surface area contributed by atoms with Crippen LogP contribution in [0.25, 0.3) is 0 Å². The molecule has 0 bridgehead atoms. The van der Waals surface area contributed by atoms with Gasteiger partial charge in [-0.05, 0) is 35.9 Å². The Kier molecular flexibility index (Phi) is 4.99. The molecule has 25 heavy (non-hydrogen) atoms. The third-order valence-electron chi connectivity index (χ3n) is 4.09. The summed E-state index contributed by atoms with van der Waals surface area (Å²) in [7, 11) is 0. The van der Waals surface area contributed by atoms with E-state index in [0.29, 0.717) is 5.69 Å². The van der Waals surface area contributed by atoms with Gasteiger partial charge in [-0.3, -0.25) is 9.59 Å². The first kappa shape index (κ1) is 17.4. The summed E-state index contributed by atoms with van der Waals surface area (Å²) in [5, 5.41) is 2.67. The molecule has 1 fully saturated rings. The summed E-state index contributed by atoms with van der Waals surface area (Å²) in [5.74, 6) is -1.88. The van der Waals surface area contributed by atoms with Crippen molar-refractivity contribution < 1.29 is 18.4 Å². The molecule has 1 aliphatic heterocycles. The van der Waals surface area contributed by atoms with E-state index in [4.69, 9.17) is 11.6 Å². The van der Waals surface area contributed by atoms with Gasteiger partial charge in [0.05, 0.1) is 10.9 Å². The Labute approximate surface area is 148 Å². The molecule has 2 amide bonds. The first-order valence-electron chi connectivity index (χ1n) is 7.71. The zero-order chi connectivity index (χ0) is 18.0. The van der Waals surface area contributed by atoms with Crippen molar-refractivity contribution in [3.8, 4) is 0 Å². The molecule has 2 aromatic rings. The standard InChI is InChI=1S/C18H15ClF2N2O2/c19-15-8-14(5-6-16(15)21)23-10-12(7-17(23)24)18(25)22-9-11-1-3-13(20)4-2-11/h1-6,8,12H,7,9-10H2,(H,22,25)/t12-/m0/s1. The fourth-order valence-corrected chi connectivity index (χ4v) is 2.90. The molecule has 2 aromatic carbocycles. The number of rotatable bonds is 4. The Morgan fingerprint density at radius 2 is 1.92 bits per heavy atom. The van der Waals surface area contributed by atoms with E-state index < -0.39 is 11.7 Å². The number of carbonyl (C=O) groups is 2. The van der Waals surface area contributed by atoms with Crippen LogP contribution >= 0.6 is 11.6 Å². The molecule has 0 unspecified atom stereocenters. The number of nitrogens with one attached hydrogen (secondary N) is 1. The highest BCUT2D eigenvalue weighted by Crippen LogP contribution is 2.28. The second-order valence-electron chi connectivity index (χ2n) is 5.85. The SMILES string of the molecule is O=C(NCc1ccc(F)cc1)[C@H]1CC(=O)N(c2ccc(F)c(Cl)c2)C1. The molecule has 3 rings (SSSR count). The van der Waals surface area contributed by atoms with Crippen LogP contribution in [0.2, 0.25) is 5.02 Å². The van der Waals surface area contributed by atoms with E-state index >= 15 is 0 Å². The van der Waals surface area contributed by atoms with Crippen LogP contribution in [0.4, 0.5) is 14.5 Å². The predicted molar refractivity (Wildman–Crippen MR) is 90.1 cm³/mol. The van der Waals surface area contributed by atoms with E-state index in [2.05, 4.69) is 5.32 Å². The van der Waals surface area contributed by atoms with Crippen LogP contribution in [-0.2, 0) is 16.1 Å². The molecule has 0 aliphatic carbocycles. The number of halogens is 3. The zero-order valence-electron chi connectivity index (χ0n) is 13.1. The quantitative estimate of drug-likeness (QED) is 0.905. The maximum atomic E-state index is 13.3. The number of hydrogen-bond acceptors (Lipinski definition) is 2. The van der Waals surface area contributed by atoms with Crippen molar-refractivity contribution in [3.63, 3.8) is 0 Å². The monoisotopic (exact) mass is 364 g/mol. The highest BCUT2D eigenvalue weighted by Gasteiger charge is 2.35. The van der Waals surface area contributed by atoms with Crippen LogP contribution in [0.3, 0.4) is 0 Å². The van der Waals surface area contributed by atoms with Gasteiger partial charge in [-0.15, -0.1) is 0 Å². The number of amides is 2. The number of anilines is 1. The van der Waals surface area contributed by atoms with Crippen LogP contribution in [0.5, 0.6) is 0 Å². The summed E-state index contributed by atoms with van der Waals surface area (Å²) in [4.78, 5) is 25.9. The molecule has 0 aromatic heterocycles. The Hall–Kier alpha value is -2.47. The van der Waals surface area contributed by atoms with E-state index in [9.17, 15) is 18.4 Å². The van der Waals surface area contributed by atoms with Gasteiger partial charge in [0.1, 0.15) is 11.6 Å². The van der Waals surface area contributed by atoms with Gasteiger partial charge in [0.25, 0.3) is 0 Å². The van der Waals surface area contributed by atoms with Gasteiger partial charge in [0, 0.05) is 25.2 Å². The third-order valence-corrected chi connectivity index (χ3v) is 4.38. The van der Waals surface area contributed by atoms with Gasteiger partial charge in [0.2, 0.25) is 11.8 Å². The van der Waals surface area contributed by atoms with Gasteiger partial charge in [-0.25, -0.2) is 8.78 Å². The highest BCUT2D eigenvalue weighted by atomic mass is 35.5. The summed E-state index contributed by atoms with van der Waals surface area (Å²) >= 11 is 5.75. The van der Waals surface area contributed by atoms with Crippen molar-refractivity contribution in [2.75, 3.05) is 11.4 Å². The van der Waals surface area contributed by atoms with Crippen molar-refractivity contribution in [3.05, 3.63) is 64.7 Å². The molecule has 0 radical (unpaired) electrons. The van der Waals surface area contributed by atoms with E-state index in [1.54, 1.807) is 12.1 Å². The van der Waals surface area contributed by atoms with Crippen LogP contribution in [0.15, 0.2) is 42.5 Å². The Bertz CT molecular complexity index is 811. The molecule has 1 heterocycles. The number of benzene rings is 2. The number of carbonyl (C=O) groups excluding carboxylic acids is 2. The molecule has 130 valence electrons. The second-order valence-corrected chi connectivity index (χ2v) is 6.26. The lowest BCUT2D eigenvalue weighted by molar-refractivity contribution is -0.126. The van der Waals surface area contributed by atoms with Gasteiger partial charge >= 0.3 is 0 Å². The fourth-order valence-electron chi connectivity index (χ4n) is 2.72. The highest BCUT2D eigenvalue weighted by molar-refractivity contribution is 6.31. The van der Waals surface area contributed by atoms with Gasteiger partial charge < -0.3 is 10.2 Å². The van der Waals surface area contributed by atoms with Gasteiger partial charge in [-0.2, -0.15) is 0 Å². The van der Waals surface area contributed by atoms with Gasteiger partial charge in [-0.1, -0.05) is 23.7 Å². The lowest BCUT2D eigenvalue weighted by atomic mass is 10.1. The molecule has 1 aliphatic rings. The summed E-state index contributed by atoms with van der Waals surface area (Å²) in [6, 6.07) is 9.82. The normalized spacial score (nSPS) is 17.0. The minimum Gasteiger partial charge on any atom is -0.352 e. The topological polar surface area (TPSA) is 49.4 Å². The fraction of sp³-hybridized carbons (Fsp3) is 0.222. The average Bonchev–Trinajstić information content (AvgIpc) is 2.98. The first-order chi connectivity index (χ1) is 11.9. The van der Waals surface area contributed by atoms with Gasteiger partial charge in [0.15, 0.2) is 0 Å². The van der Waals surface area contributed by atoms with Crippen LogP contribution in [-0.4, -0.2) is 18.4 Å². The molecular formula is C18H15ClF2N2O2. The molecule has 7 heteroatoms. The second kappa shape index (κ2) is 7.19. The minimum atomic E-state index is -0.564. The predicted octanol–water partition coefficient (Wildman–Crippen LogP) is 3.29. The van der Waals surface area contributed by atoms with Crippen LogP contribution in [0, 0.1) is 17.6 Å². The van der Waals surface area contributed by atoms with E-state index in [1.165, 1.54) is 35.2 Å². The zero-order valence-corrected chi connectivity index (χ0v) is 13.9. The summed E-state index contributed by atoms with van der Waals surface area (Å²) < 4.78 is 26.1. The summed E-state index contributed by atoms with van der Waals surface area (Å²) in [6.07, 6.45) is 0.0737. The number of nitrogens with zero attached hydrogens (tertiary/aromatic N) is 1. The van der Waals surface area contributed by atoms with E-state index in [1.807, 2.05) is 0 Å². The van der Waals surface area contributed by atoms with E-state index in [-0.39, 0.29) is 42.2 Å². The molecule has 0 saturated carbocycles. The van der Waals surface area contributed by atoms with Crippen molar-refractivity contribution in [1.82, 2.24) is 5.32 Å². The van der Waals surface area contributed by atoms with Crippen molar-refractivity contribution >= 4 is 29.1 Å². The maximum Gasteiger partial charge on any atom is 0.227 e. The molecule has 1 N–H and O–H groups in total. The summed E-state index contributed by atoms with van der Waals surface area (Å²) in [5.41, 5.74) is 1.23. The molecule has 0 spiro atoms. The maximum absolute atomic E-state index is 13.3. The molecular weight excluding hydrogens is 350 g/mol. The third kappa shape index (κ3) is 3.96. The van der Waals surface area contributed by atoms with Crippen molar-refractivity contribution in [2.45, 2.75) is 13.0 Å².